The summed E-state index contributed by atoms with van der Waals surface area (Å²) in [6, 6.07) is 0. The second-order valence-electron chi connectivity index (χ2n) is 3.12. The zero-order chi connectivity index (χ0) is 11.6. The Labute approximate surface area is 86.8 Å². The third-order valence-corrected chi connectivity index (χ3v) is 2.24. The van der Waals surface area contributed by atoms with Gasteiger partial charge in [-0.2, -0.15) is 5.10 Å². The number of hydrogen-bond donors (Lipinski definition) is 1. The summed E-state index contributed by atoms with van der Waals surface area (Å²) >= 11 is 0. The van der Waals surface area contributed by atoms with E-state index in [1.807, 2.05) is 0 Å². The first-order valence-corrected chi connectivity index (χ1v) is 4.37. The van der Waals surface area contributed by atoms with Gasteiger partial charge in [-0.1, -0.05) is 0 Å². The lowest BCUT2D eigenvalue weighted by Crippen LogP contribution is -2.32. The number of carbonyl (C=O) groups excluding carboxylic acids is 1. The number of nitrogens with one attached hydrogen (secondary N) is 1. The molecule has 1 aromatic rings. The smallest absolute Gasteiger partial charge is 0.274 e. The first-order chi connectivity index (χ1) is 6.99. The highest BCUT2D eigenvalue weighted by Gasteiger charge is 2.19. The molecule has 0 unspecified atom stereocenters. The fraction of sp³-hybridized carbons (Fsp3) is 0.444. The van der Waals surface area contributed by atoms with Crippen molar-refractivity contribution in [2.45, 2.75) is 13.8 Å². The minimum atomic E-state index is -0.507. The molecule has 0 bridgehead atoms. The largest absolute Gasteiger partial charge is 0.283 e. The molecule has 0 spiro atoms. The Bertz CT molecular complexity index is 439. The van der Waals surface area contributed by atoms with E-state index in [2.05, 4.69) is 10.2 Å². The molecule has 0 aliphatic carbocycles. The van der Waals surface area contributed by atoms with Gasteiger partial charge in [-0.25, -0.2) is 10.2 Å². The van der Waals surface area contributed by atoms with Crippen molar-refractivity contribution in [3.63, 3.8) is 0 Å². The predicted octanol–water partition coefficient (Wildman–Crippen LogP) is 0.0201. The summed E-state index contributed by atoms with van der Waals surface area (Å²) in [6.45, 7) is 3.39. The van der Waals surface area contributed by atoms with Crippen LogP contribution in [0.3, 0.4) is 0 Å². The van der Waals surface area contributed by atoms with Gasteiger partial charge in [0.2, 0.25) is 0 Å². The molecule has 1 aromatic heterocycles. The van der Waals surface area contributed by atoms with E-state index in [0.717, 1.165) is 5.06 Å². The van der Waals surface area contributed by atoms with Crippen molar-refractivity contribution in [1.82, 2.24) is 15.3 Å². The monoisotopic (exact) mass is 211 g/mol. The van der Waals surface area contributed by atoms with Crippen LogP contribution in [0.4, 0.5) is 0 Å². The van der Waals surface area contributed by atoms with Gasteiger partial charge >= 0.3 is 0 Å². The van der Waals surface area contributed by atoms with E-state index in [-0.39, 0.29) is 5.56 Å². The number of amides is 1. The Morgan fingerprint density at radius 3 is 2.60 bits per heavy atom. The molecule has 0 atom stereocenters. The fourth-order valence-corrected chi connectivity index (χ4v) is 1.12. The molecular formula is C9H13N3O3. The van der Waals surface area contributed by atoms with Crippen LogP contribution >= 0.6 is 0 Å². The predicted molar refractivity (Wildman–Crippen MR) is 53.4 cm³/mol. The summed E-state index contributed by atoms with van der Waals surface area (Å²) in [5, 5.41) is 7.01. The highest BCUT2D eigenvalue weighted by Crippen LogP contribution is 2.07. The second kappa shape index (κ2) is 4.22. The van der Waals surface area contributed by atoms with Crippen LogP contribution in [0.15, 0.2) is 4.79 Å². The van der Waals surface area contributed by atoms with Gasteiger partial charge in [0.1, 0.15) is 5.56 Å². The lowest BCUT2D eigenvalue weighted by molar-refractivity contribution is -0.0758. The molecule has 1 rings (SSSR count). The second-order valence-corrected chi connectivity index (χ2v) is 3.12. The first-order valence-electron chi connectivity index (χ1n) is 4.37. The lowest BCUT2D eigenvalue weighted by Gasteiger charge is -2.14. The molecule has 0 radical (unpaired) electrons. The fourth-order valence-electron chi connectivity index (χ4n) is 1.12. The van der Waals surface area contributed by atoms with Crippen molar-refractivity contribution < 1.29 is 9.63 Å². The summed E-state index contributed by atoms with van der Waals surface area (Å²) < 4.78 is 0. The third-order valence-electron chi connectivity index (χ3n) is 2.24. The van der Waals surface area contributed by atoms with Crippen LogP contribution in [0, 0.1) is 13.8 Å². The summed E-state index contributed by atoms with van der Waals surface area (Å²) in [7, 11) is 2.80. The van der Waals surface area contributed by atoms with Gasteiger partial charge in [0.15, 0.2) is 0 Å². The Balaban J connectivity index is 3.31. The topological polar surface area (TPSA) is 75.3 Å². The lowest BCUT2D eigenvalue weighted by atomic mass is 10.1. The number of hydroxylamine groups is 2. The van der Waals surface area contributed by atoms with Crippen LogP contribution in [-0.4, -0.2) is 35.3 Å². The van der Waals surface area contributed by atoms with Gasteiger partial charge in [0.05, 0.1) is 12.8 Å². The molecule has 6 heteroatoms. The molecule has 1 N–H and O–H groups in total. The van der Waals surface area contributed by atoms with E-state index in [1.54, 1.807) is 13.8 Å². The molecule has 0 fully saturated rings. The van der Waals surface area contributed by atoms with Crippen LogP contribution in [-0.2, 0) is 4.84 Å². The molecular weight excluding hydrogens is 198 g/mol. The molecule has 15 heavy (non-hydrogen) atoms. The zero-order valence-corrected chi connectivity index (χ0v) is 9.12. The summed E-state index contributed by atoms with van der Waals surface area (Å²) in [4.78, 5) is 27.9. The number of H-pyrrole nitrogens is 1. The highest BCUT2D eigenvalue weighted by molar-refractivity contribution is 5.94. The Morgan fingerprint density at radius 1 is 1.47 bits per heavy atom. The number of carbonyl (C=O) groups is 1. The van der Waals surface area contributed by atoms with Gasteiger partial charge in [-0.05, 0) is 19.4 Å². The van der Waals surface area contributed by atoms with Crippen molar-refractivity contribution in [3.05, 3.63) is 27.2 Å². The van der Waals surface area contributed by atoms with Crippen molar-refractivity contribution in [1.29, 1.82) is 0 Å². The minimum Gasteiger partial charge on any atom is -0.274 e. The van der Waals surface area contributed by atoms with E-state index < -0.39 is 11.5 Å². The standard InChI is InChI=1S/C9H13N3O3/c1-5-6(2)10-11-8(13)7(5)9(14)12(3)15-4/h1-4H3,(H,11,13). The molecule has 0 saturated carbocycles. The van der Waals surface area contributed by atoms with Gasteiger partial charge in [-0.15, -0.1) is 0 Å². The SMILES string of the molecule is CON(C)C(=O)c1c(C)c(C)n[nH]c1=O. The van der Waals surface area contributed by atoms with E-state index >= 15 is 0 Å². The van der Waals surface area contributed by atoms with E-state index in [1.165, 1.54) is 14.2 Å². The average molecular weight is 211 g/mol. The zero-order valence-electron chi connectivity index (χ0n) is 9.12. The van der Waals surface area contributed by atoms with Crippen molar-refractivity contribution in [3.8, 4) is 0 Å². The summed E-state index contributed by atoms with van der Waals surface area (Å²) in [5.74, 6) is -0.484. The molecule has 82 valence electrons. The number of aromatic amines is 1. The number of rotatable bonds is 2. The summed E-state index contributed by atoms with van der Waals surface area (Å²) in [6.07, 6.45) is 0. The Hall–Kier alpha value is -1.69. The average Bonchev–Trinajstić information content (AvgIpc) is 2.22. The quantitative estimate of drug-likeness (QED) is 0.700. The normalized spacial score (nSPS) is 10.1. The maximum atomic E-state index is 11.7. The van der Waals surface area contributed by atoms with Gasteiger partial charge < -0.3 is 0 Å². The van der Waals surface area contributed by atoms with Crippen LogP contribution < -0.4 is 5.56 Å². The summed E-state index contributed by atoms with van der Waals surface area (Å²) in [5.41, 5.74) is 0.731. The van der Waals surface area contributed by atoms with Crippen LogP contribution in [0.25, 0.3) is 0 Å². The highest BCUT2D eigenvalue weighted by atomic mass is 16.7. The van der Waals surface area contributed by atoms with Crippen LogP contribution in [0.5, 0.6) is 0 Å². The third kappa shape index (κ3) is 2.04. The van der Waals surface area contributed by atoms with Crippen LogP contribution in [0.1, 0.15) is 21.6 Å². The molecule has 0 aliphatic rings. The Kier molecular flexibility index (Phi) is 3.21. The first kappa shape index (κ1) is 11.4. The van der Waals surface area contributed by atoms with Crippen molar-refractivity contribution in [2.75, 3.05) is 14.2 Å². The van der Waals surface area contributed by atoms with E-state index in [9.17, 15) is 9.59 Å². The molecule has 0 aliphatic heterocycles. The minimum absolute atomic E-state index is 0.0619. The molecule has 1 heterocycles. The maximum Gasteiger partial charge on any atom is 0.283 e. The molecule has 6 nitrogen and oxygen atoms in total. The Morgan fingerprint density at radius 2 is 2.07 bits per heavy atom. The van der Waals surface area contributed by atoms with Crippen molar-refractivity contribution in [2.24, 2.45) is 0 Å². The van der Waals surface area contributed by atoms with Crippen molar-refractivity contribution >= 4 is 5.91 Å². The van der Waals surface area contributed by atoms with Crippen LogP contribution in [0.2, 0.25) is 0 Å². The van der Waals surface area contributed by atoms with Gasteiger partial charge in [0.25, 0.3) is 11.5 Å². The number of aromatic nitrogens is 2. The molecule has 1 amide bonds. The number of aryl methyl sites for hydroxylation is 1. The van der Waals surface area contributed by atoms with E-state index in [4.69, 9.17) is 4.84 Å². The molecule has 0 saturated heterocycles. The number of hydrogen-bond acceptors (Lipinski definition) is 4. The van der Waals surface area contributed by atoms with Gasteiger partial charge in [0, 0.05) is 7.05 Å². The van der Waals surface area contributed by atoms with Gasteiger partial charge in [-0.3, -0.25) is 14.4 Å². The maximum absolute atomic E-state index is 11.7. The number of nitrogens with zero attached hydrogens (tertiary/aromatic N) is 2. The molecule has 0 aromatic carbocycles. The van der Waals surface area contributed by atoms with E-state index in [0.29, 0.717) is 11.3 Å².